The molecule has 0 saturated carbocycles. The largest absolute Gasteiger partial charge is 0.399 e. The summed E-state index contributed by atoms with van der Waals surface area (Å²) in [5.41, 5.74) is 8.43. The summed E-state index contributed by atoms with van der Waals surface area (Å²) in [5, 5.41) is 11.7. The Morgan fingerprint density at radius 1 is 1.10 bits per heavy atom. The number of nitrogen functional groups attached to an aromatic ring is 1. The van der Waals surface area contributed by atoms with E-state index in [-0.39, 0.29) is 5.82 Å². The van der Waals surface area contributed by atoms with Gasteiger partial charge in [-0.15, -0.1) is 5.10 Å². The van der Waals surface area contributed by atoms with Crippen LogP contribution >= 0.6 is 0 Å². The van der Waals surface area contributed by atoms with E-state index in [1.54, 1.807) is 35.9 Å². The van der Waals surface area contributed by atoms with Crippen LogP contribution in [-0.2, 0) is 0 Å². The van der Waals surface area contributed by atoms with E-state index in [1.807, 2.05) is 12.1 Å². The van der Waals surface area contributed by atoms with Gasteiger partial charge in [-0.05, 0) is 65.4 Å². The van der Waals surface area contributed by atoms with Crippen LogP contribution in [0.2, 0.25) is 0 Å². The molecule has 100 valence electrons. The summed E-state index contributed by atoms with van der Waals surface area (Å²) in [7, 11) is 0. The molecule has 0 unspecified atom stereocenters. The number of aromatic nitrogens is 4. The molecule has 3 aromatic rings. The molecular weight excluding hydrogens is 257 g/mol. The third-order valence-electron chi connectivity index (χ3n) is 3.02. The molecule has 6 heteroatoms. The lowest BCUT2D eigenvalue weighted by molar-refractivity contribution is 0.617. The van der Waals surface area contributed by atoms with Crippen LogP contribution in [-0.4, -0.2) is 20.2 Å². The molecule has 0 aliphatic rings. The number of anilines is 1. The van der Waals surface area contributed by atoms with Crippen molar-refractivity contribution in [3.05, 3.63) is 53.8 Å². The van der Waals surface area contributed by atoms with Crippen LogP contribution in [0, 0.1) is 12.7 Å². The standard InChI is InChI=1S/C14H12FN5/c1-9-8-12(6-7-13(9)15)20-14(17-18-19-20)10-2-4-11(16)5-3-10/h2-8H,16H2,1H3. The zero-order valence-electron chi connectivity index (χ0n) is 10.8. The molecule has 0 aliphatic heterocycles. The van der Waals surface area contributed by atoms with Crippen molar-refractivity contribution in [2.45, 2.75) is 6.92 Å². The van der Waals surface area contributed by atoms with E-state index in [9.17, 15) is 4.39 Å². The predicted octanol–water partition coefficient (Wildman–Crippen LogP) is 2.36. The quantitative estimate of drug-likeness (QED) is 0.725. The molecule has 1 heterocycles. The van der Waals surface area contributed by atoms with Gasteiger partial charge in [0.15, 0.2) is 5.82 Å². The summed E-state index contributed by atoms with van der Waals surface area (Å²) >= 11 is 0. The van der Waals surface area contributed by atoms with Gasteiger partial charge in [0, 0.05) is 11.3 Å². The van der Waals surface area contributed by atoms with Crippen molar-refractivity contribution in [3.8, 4) is 17.1 Å². The predicted molar refractivity (Wildman–Crippen MR) is 73.7 cm³/mol. The molecule has 20 heavy (non-hydrogen) atoms. The second kappa shape index (κ2) is 4.73. The second-order valence-corrected chi connectivity index (χ2v) is 4.47. The summed E-state index contributed by atoms with van der Waals surface area (Å²) in [6, 6.07) is 12.0. The number of tetrazole rings is 1. The van der Waals surface area contributed by atoms with Crippen LogP contribution in [0.1, 0.15) is 5.56 Å². The molecule has 2 aromatic carbocycles. The number of rotatable bonds is 2. The Balaban J connectivity index is 2.10. The molecule has 0 radical (unpaired) electrons. The highest BCUT2D eigenvalue weighted by molar-refractivity contribution is 5.60. The molecule has 0 fully saturated rings. The van der Waals surface area contributed by atoms with Crippen LogP contribution in [0.3, 0.4) is 0 Å². The van der Waals surface area contributed by atoms with Crippen molar-refractivity contribution in [2.75, 3.05) is 5.73 Å². The summed E-state index contributed by atoms with van der Waals surface area (Å²) in [4.78, 5) is 0. The number of nitrogens with zero attached hydrogens (tertiary/aromatic N) is 4. The first-order chi connectivity index (χ1) is 9.65. The fraction of sp³-hybridized carbons (Fsp3) is 0.0714. The highest BCUT2D eigenvalue weighted by Crippen LogP contribution is 2.21. The monoisotopic (exact) mass is 269 g/mol. The number of benzene rings is 2. The van der Waals surface area contributed by atoms with Crippen molar-refractivity contribution in [3.63, 3.8) is 0 Å². The fourth-order valence-electron chi connectivity index (χ4n) is 1.93. The lowest BCUT2D eigenvalue weighted by Crippen LogP contribution is -2.01. The van der Waals surface area contributed by atoms with Gasteiger partial charge in [-0.25, -0.2) is 4.39 Å². The van der Waals surface area contributed by atoms with Crippen molar-refractivity contribution < 1.29 is 4.39 Å². The third kappa shape index (κ3) is 2.11. The average Bonchev–Trinajstić information content (AvgIpc) is 2.92. The molecule has 0 saturated heterocycles. The van der Waals surface area contributed by atoms with E-state index in [2.05, 4.69) is 15.5 Å². The Bertz CT molecular complexity index is 749. The van der Waals surface area contributed by atoms with Gasteiger partial charge < -0.3 is 5.73 Å². The molecule has 0 bridgehead atoms. The molecule has 5 nitrogen and oxygen atoms in total. The minimum absolute atomic E-state index is 0.254. The van der Waals surface area contributed by atoms with Gasteiger partial charge in [0.2, 0.25) is 0 Å². The molecule has 2 N–H and O–H groups in total. The molecule has 0 spiro atoms. The van der Waals surface area contributed by atoms with Gasteiger partial charge >= 0.3 is 0 Å². The van der Waals surface area contributed by atoms with Gasteiger partial charge in [0.05, 0.1) is 5.69 Å². The maximum absolute atomic E-state index is 13.3. The van der Waals surface area contributed by atoms with Crippen LogP contribution in [0.5, 0.6) is 0 Å². The van der Waals surface area contributed by atoms with E-state index in [1.165, 1.54) is 6.07 Å². The number of hydrogen-bond acceptors (Lipinski definition) is 4. The topological polar surface area (TPSA) is 69.6 Å². The Labute approximate surface area is 114 Å². The van der Waals surface area contributed by atoms with Gasteiger partial charge in [-0.3, -0.25) is 0 Å². The fourth-order valence-corrected chi connectivity index (χ4v) is 1.93. The highest BCUT2D eigenvalue weighted by Gasteiger charge is 2.11. The molecule has 0 aliphatic carbocycles. The van der Waals surface area contributed by atoms with Crippen molar-refractivity contribution >= 4 is 5.69 Å². The molecule has 1 aromatic heterocycles. The Hall–Kier alpha value is -2.76. The van der Waals surface area contributed by atoms with Gasteiger partial charge in [0.25, 0.3) is 0 Å². The maximum atomic E-state index is 13.3. The van der Waals surface area contributed by atoms with Crippen molar-refractivity contribution in [1.29, 1.82) is 0 Å². The van der Waals surface area contributed by atoms with Crippen molar-refractivity contribution in [2.24, 2.45) is 0 Å². The second-order valence-electron chi connectivity index (χ2n) is 4.47. The summed E-state index contributed by atoms with van der Waals surface area (Å²) in [5.74, 6) is 0.326. The van der Waals surface area contributed by atoms with Crippen LogP contribution in [0.25, 0.3) is 17.1 Å². The lowest BCUT2D eigenvalue weighted by Gasteiger charge is -2.06. The summed E-state index contributed by atoms with van der Waals surface area (Å²) in [6.45, 7) is 1.70. The number of nitrogens with two attached hydrogens (primary N) is 1. The molecule has 0 amide bonds. The van der Waals surface area contributed by atoms with E-state index in [0.29, 0.717) is 22.8 Å². The molecule has 0 atom stereocenters. The summed E-state index contributed by atoms with van der Waals surface area (Å²) < 4.78 is 14.9. The van der Waals surface area contributed by atoms with E-state index in [0.717, 1.165) is 5.56 Å². The minimum Gasteiger partial charge on any atom is -0.399 e. The number of hydrogen-bond donors (Lipinski definition) is 1. The van der Waals surface area contributed by atoms with Crippen LogP contribution in [0.4, 0.5) is 10.1 Å². The van der Waals surface area contributed by atoms with E-state index >= 15 is 0 Å². The van der Waals surface area contributed by atoms with E-state index in [4.69, 9.17) is 5.73 Å². The normalized spacial score (nSPS) is 10.7. The first kappa shape index (κ1) is 12.3. The van der Waals surface area contributed by atoms with Gasteiger partial charge in [-0.2, -0.15) is 4.68 Å². The van der Waals surface area contributed by atoms with E-state index < -0.39 is 0 Å². The SMILES string of the molecule is Cc1cc(-n2nnnc2-c2ccc(N)cc2)ccc1F. The van der Waals surface area contributed by atoms with Crippen LogP contribution < -0.4 is 5.73 Å². The van der Waals surface area contributed by atoms with Gasteiger partial charge in [0.1, 0.15) is 5.82 Å². The smallest absolute Gasteiger partial charge is 0.187 e. The number of halogens is 1. The summed E-state index contributed by atoms with van der Waals surface area (Å²) in [6.07, 6.45) is 0. The van der Waals surface area contributed by atoms with Crippen LogP contribution in [0.15, 0.2) is 42.5 Å². The zero-order valence-corrected chi connectivity index (χ0v) is 10.8. The Morgan fingerprint density at radius 3 is 2.55 bits per heavy atom. The zero-order chi connectivity index (χ0) is 14.1. The first-order valence-electron chi connectivity index (χ1n) is 6.06. The molecule has 3 rings (SSSR count). The number of aryl methyl sites for hydroxylation is 1. The lowest BCUT2D eigenvalue weighted by atomic mass is 10.2. The first-order valence-corrected chi connectivity index (χ1v) is 6.06. The Morgan fingerprint density at radius 2 is 1.85 bits per heavy atom. The molecular formula is C14H12FN5. The van der Waals surface area contributed by atoms with Gasteiger partial charge in [-0.1, -0.05) is 0 Å². The van der Waals surface area contributed by atoms with Crippen molar-refractivity contribution in [1.82, 2.24) is 20.2 Å². The average molecular weight is 269 g/mol. The minimum atomic E-state index is -0.254. The third-order valence-corrected chi connectivity index (χ3v) is 3.02. The highest BCUT2D eigenvalue weighted by atomic mass is 19.1. The Kier molecular flexibility index (Phi) is 2.90. The maximum Gasteiger partial charge on any atom is 0.187 e.